The third-order valence-corrected chi connectivity index (χ3v) is 19.1. The van der Waals surface area contributed by atoms with Gasteiger partial charge in [0.25, 0.3) is 0 Å². The van der Waals surface area contributed by atoms with Crippen LogP contribution in [0.3, 0.4) is 0 Å². The lowest BCUT2D eigenvalue weighted by Crippen LogP contribution is -2.45. The average molecular weight is 1260 g/mol. The summed E-state index contributed by atoms with van der Waals surface area (Å²) in [6.45, 7) is 4.92. The summed E-state index contributed by atoms with van der Waals surface area (Å²) in [6, 6.07) is -0.625. The maximum Gasteiger partial charge on any atom is 0.305 e. The number of esters is 1. The lowest BCUT2D eigenvalue weighted by molar-refractivity contribution is -0.143. The van der Waals surface area contributed by atoms with Gasteiger partial charge in [-0.3, -0.25) is 9.59 Å². The zero-order chi connectivity index (χ0) is 64.9. The van der Waals surface area contributed by atoms with Crippen molar-refractivity contribution in [2.24, 2.45) is 0 Å². The molecule has 0 aromatic rings. The second kappa shape index (κ2) is 79.3. The first-order chi connectivity index (χ1) is 44.5. The van der Waals surface area contributed by atoms with Gasteiger partial charge in [-0.2, -0.15) is 0 Å². The number of carbonyl (C=O) groups excluding carboxylic acids is 2. The molecule has 0 saturated carbocycles. The highest BCUT2D eigenvalue weighted by molar-refractivity contribution is 5.76. The summed E-state index contributed by atoms with van der Waals surface area (Å²) in [6.07, 6.45) is 105. The van der Waals surface area contributed by atoms with E-state index in [4.69, 9.17) is 4.74 Å². The summed E-state index contributed by atoms with van der Waals surface area (Å²) in [5.74, 6) is -0.0420. The van der Waals surface area contributed by atoms with Crippen LogP contribution in [0.4, 0.5) is 0 Å². The van der Waals surface area contributed by atoms with E-state index in [9.17, 15) is 19.8 Å². The van der Waals surface area contributed by atoms with Crippen molar-refractivity contribution in [2.75, 3.05) is 13.2 Å². The van der Waals surface area contributed by atoms with E-state index >= 15 is 0 Å². The summed E-state index contributed by atoms with van der Waals surface area (Å²) < 4.78 is 5.52. The van der Waals surface area contributed by atoms with Gasteiger partial charge < -0.3 is 20.3 Å². The van der Waals surface area contributed by atoms with Gasteiger partial charge in [-0.25, -0.2) is 0 Å². The third kappa shape index (κ3) is 74.9. The van der Waals surface area contributed by atoms with Gasteiger partial charge >= 0.3 is 5.97 Å². The van der Waals surface area contributed by atoms with Gasteiger partial charge in [0.15, 0.2) is 0 Å². The molecule has 0 aliphatic rings. The Balaban J connectivity index is 3.32. The second-order valence-electron chi connectivity index (χ2n) is 28.1. The number of rotatable bonds is 77. The number of amides is 1. The van der Waals surface area contributed by atoms with Gasteiger partial charge in [-0.1, -0.05) is 396 Å². The second-order valence-corrected chi connectivity index (χ2v) is 28.1. The Bertz CT molecular complexity index is 1500. The van der Waals surface area contributed by atoms with Crippen LogP contribution in [-0.4, -0.2) is 47.4 Å². The van der Waals surface area contributed by atoms with E-state index < -0.39 is 12.1 Å². The highest BCUT2D eigenvalue weighted by atomic mass is 16.5. The van der Waals surface area contributed by atoms with E-state index in [1.807, 2.05) is 6.08 Å². The van der Waals surface area contributed by atoms with Crippen LogP contribution in [0.5, 0.6) is 0 Å². The molecule has 0 spiro atoms. The number of carbonyl (C=O) groups is 2. The Morgan fingerprint density at radius 3 is 0.878 bits per heavy atom. The fourth-order valence-corrected chi connectivity index (χ4v) is 12.8. The molecule has 1 amide bonds. The van der Waals surface area contributed by atoms with Crippen LogP contribution in [0.1, 0.15) is 450 Å². The molecule has 3 N–H and O–H groups in total. The first-order valence-corrected chi connectivity index (χ1v) is 40.9. The molecular weight excluding hydrogens is 1100 g/mol. The van der Waals surface area contributed by atoms with E-state index in [1.165, 1.54) is 379 Å². The smallest absolute Gasteiger partial charge is 0.305 e. The van der Waals surface area contributed by atoms with Crippen LogP contribution in [-0.2, 0) is 14.3 Å². The number of ether oxygens (including phenoxy) is 1. The van der Waals surface area contributed by atoms with E-state index in [2.05, 4.69) is 55.6 Å². The van der Waals surface area contributed by atoms with E-state index in [-0.39, 0.29) is 18.5 Å². The quantitative estimate of drug-likeness (QED) is 0.0320. The SMILES string of the molecule is CCCCC/C=C\C/C=C\CCCCCCCCCCCC(=O)OCCCCCCCCCCCCCCCCCCCC/C=C\CCCCCCCCCCCCCCCCCCCC(=O)NC(CO)C(O)/C=C/CCCCCCCCCCCCCCC. The molecule has 0 aromatic heterocycles. The standard InChI is InChI=1S/C84H159NO5/c1-3-5-7-9-11-13-15-17-19-20-42-46-50-54-58-62-66-70-74-78-84(89)90-79-75-71-67-63-59-55-51-47-44-41-39-37-35-33-31-29-27-25-23-21-22-24-26-28-30-32-34-36-38-40-43-45-49-53-57-61-65-69-73-77-83(88)85-81(80-86)82(87)76-72-68-64-60-56-52-48-18-16-14-12-10-8-6-4-2/h11,13,17,19,21-22,72,76,81-82,86-87H,3-10,12,14-16,18,20,23-71,73-75,77-80H2,1-2H3,(H,85,88)/b13-11-,19-17-,22-21-,76-72+. The summed E-state index contributed by atoms with van der Waals surface area (Å²) in [4.78, 5) is 24.6. The summed E-state index contributed by atoms with van der Waals surface area (Å²) in [5, 5.41) is 23.2. The number of allylic oxidation sites excluding steroid dienone is 7. The Labute approximate surface area is 563 Å². The number of unbranched alkanes of at least 4 members (excludes halogenated alkanes) is 60. The maximum absolute atomic E-state index is 12.5. The van der Waals surface area contributed by atoms with Crippen molar-refractivity contribution < 1.29 is 24.5 Å². The lowest BCUT2D eigenvalue weighted by Gasteiger charge is -2.20. The zero-order valence-electron chi connectivity index (χ0n) is 60.9. The largest absolute Gasteiger partial charge is 0.466 e. The molecule has 0 aromatic carbocycles. The molecule has 0 fully saturated rings. The highest BCUT2D eigenvalue weighted by Crippen LogP contribution is 2.20. The summed E-state index contributed by atoms with van der Waals surface area (Å²) in [7, 11) is 0. The zero-order valence-corrected chi connectivity index (χ0v) is 60.9. The minimum atomic E-state index is -0.841. The van der Waals surface area contributed by atoms with Crippen molar-refractivity contribution in [2.45, 2.75) is 463 Å². The molecule has 2 unspecified atom stereocenters. The van der Waals surface area contributed by atoms with Crippen LogP contribution in [0, 0.1) is 0 Å². The van der Waals surface area contributed by atoms with Crippen LogP contribution in [0.2, 0.25) is 0 Å². The van der Waals surface area contributed by atoms with Crippen molar-refractivity contribution in [1.29, 1.82) is 0 Å². The molecule has 0 rings (SSSR count). The molecule has 6 nitrogen and oxygen atoms in total. The first kappa shape index (κ1) is 87.8. The molecule has 0 heterocycles. The van der Waals surface area contributed by atoms with Gasteiger partial charge in [0, 0.05) is 12.8 Å². The first-order valence-electron chi connectivity index (χ1n) is 40.9. The Kier molecular flexibility index (Phi) is 77.3. The minimum Gasteiger partial charge on any atom is -0.466 e. The van der Waals surface area contributed by atoms with Crippen molar-refractivity contribution in [1.82, 2.24) is 5.32 Å². The van der Waals surface area contributed by atoms with E-state index in [0.717, 1.165) is 44.9 Å². The van der Waals surface area contributed by atoms with Crippen molar-refractivity contribution >= 4 is 11.9 Å². The molecule has 6 heteroatoms. The number of aliphatic hydroxyl groups excluding tert-OH is 2. The number of nitrogens with one attached hydrogen (secondary N) is 1. The molecule has 90 heavy (non-hydrogen) atoms. The third-order valence-electron chi connectivity index (χ3n) is 19.1. The van der Waals surface area contributed by atoms with Crippen LogP contribution >= 0.6 is 0 Å². The summed E-state index contributed by atoms with van der Waals surface area (Å²) >= 11 is 0. The van der Waals surface area contributed by atoms with Gasteiger partial charge in [0.05, 0.1) is 25.4 Å². The van der Waals surface area contributed by atoms with Gasteiger partial charge in [-0.05, 0) is 89.9 Å². The molecule has 0 saturated heterocycles. The topological polar surface area (TPSA) is 95.9 Å². The molecular formula is C84H159NO5. The molecule has 0 aliphatic carbocycles. The normalized spacial score (nSPS) is 12.7. The van der Waals surface area contributed by atoms with Gasteiger partial charge in [0.1, 0.15) is 0 Å². The van der Waals surface area contributed by atoms with Crippen LogP contribution in [0.25, 0.3) is 0 Å². The van der Waals surface area contributed by atoms with Gasteiger partial charge in [-0.15, -0.1) is 0 Å². The summed E-state index contributed by atoms with van der Waals surface area (Å²) in [5.41, 5.74) is 0. The molecule has 0 aliphatic heterocycles. The number of aliphatic hydroxyl groups is 2. The molecule has 0 bridgehead atoms. The van der Waals surface area contributed by atoms with Crippen LogP contribution in [0.15, 0.2) is 48.6 Å². The Morgan fingerprint density at radius 2 is 0.556 bits per heavy atom. The van der Waals surface area contributed by atoms with Gasteiger partial charge in [0.2, 0.25) is 5.91 Å². The maximum atomic E-state index is 12.5. The van der Waals surface area contributed by atoms with Crippen molar-refractivity contribution in [3.8, 4) is 0 Å². The lowest BCUT2D eigenvalue weighted by atomic mass is 10.0. The number of hydrogen-bond donors (Lipinski definition) is 3. The predicted molar refractivity (Wildman–Crippen MR) is 398 cm³/mol. The fourth-order valence-electron chi connectivity index (χ4n) is 12.8. The van der Waals surface area contributed by atoms with Crippen molar-refractivity contribution in [3.63, 3.8) is 0 Å². The predicted octanol–water partition coefficient (Wildman–Crippen LogP) is 27.2. The minimum absolute atomic E-state index is 0.0190. The van der Waals surface area contributed by atoms with Crippen LogP contribution < -0.4 is 5.32 Å². The molecule has 2 atom stereocenters. The molecule has 530 valence electrons. The number of hydrogen-bond acceptors (Lipinski definition) is 5. The Hall–Kier alpha value is -2.18. The van der Waals surface area contributed by atoms with E-state index in [1.54, 1.807) is 6.08 Å². The molecule has 0 radical (unpaired) electrons. The highest BCUT2D eigenvalue weighted by Gasteiger charge is 2.18. The van der Waals surface area contributed by atoms with Crippen molar-refractivity contribution in [3.05, 3.63) is 48.6 Å². The monoisotopic (exact) mass is 1260 g/mol. The van der Waals surface area contributed by atoms with E-state index in [0.29, 0.717) is 19.4 Å². The Morgan fingerprint density at radius 1 is 0.311 bits per heavy atom. The fraction of sp³-hybridized carbons (Fsp3) is 0.881. The average Bonchev–Trinajstić information content (AvgIpc) is 3.68.